The van der Waals surface area contributed by atoms with E-state index in [0.29, 0.717) is 5.02 Å². The highest BCUT2D eigenvalue weighted by atomic mass is 35.5. The minimum Gasteiger partial charge on any atom is -0.464 e. The first-order chi connectivity index (χ1) is 11.5. The monoisotopic (exact) mass is 346 g/mol. The van der Waals surface area contributed by atoms with E-state index in [1.165, 1.54) is 12.8 Å². The number of amides is 2. The van der Waals surface area contributed by atoms with Crippen molar-refractivity contribution in [2.24, 2.45) is 0 Å². The molecule has 3 rings (SSSR count). The first-order valence-electron chi connectivity index (χ1n) is 8.46. The lowest BCUT2D eigenvalue weighted by atomic mass is 10.1. The fraction of sp³-hybridized carbons (Fsp3) is 0.421. The summed E-state index contributed by atoms with van der Waals surface area (Å²) in [5.41, 5.74) is 0.746. The second kappa shape index (κ2) is 7.31. The number of hydrogen-bond donors (Lipinski definition) is 1. The van der Waals surface area contributed by atoms with Crippen molar-refractivity contribution >= 4 is 23.3 Å². The molecule has 4 nitrogen and oxygen atoms in total. The Kier molecular flexibility index (Phi) is 5.14. The minimum atomic E-state index is -0.103. The number of benzene rings is 1. The lowest BCUT2D eigenvalue weighted by molar-refractivity contribution is 0.151. The average Bonchev–Trinajstić information content (AvgIpc) is 3.21. The molecule has 1 aliphatic carbocycles. The van der Waals surface area contributed by atoms with Gasteiger partial charge in [-0.25, -0.2) is 4.79 Å². The fourth-order valence-electron chi connectivity index (χ4n) is 3.38. The van der Waals surface area contributed by atoms with Crippen molar-refractivity contribution in [1.29, 1.82) is 0 Å². The van der Waals surface area contributed by atoms with Crippen molar-refractivity contribution in [2.75, 3.05) is 5.32 Å². The third-order valence-corrected chi connectivity index (χ3v) is 4.89. The highest BCUT2D eigenvalue weighted by Crippen LogP contribution is 2.32. The molecule has 24 heavy (non-hydrogen) atoms. The first-order valence-corrected chi connectivity index (χ1v) is 8.83. The third-order valence-electron chi connectivity index (χ3n) is 4.64. The number of nitrogens with zero attached hydrogens (tertiary/aromatic N) is 1. The molecule has 0 unspecified atom stereocenters. The molecule has 0 saturated heterocycles. The first kappa shape index (κ1) is 16.9. The van der Waals surface area contributed by atoms with Gasteiger partial charge in [-0.15, -0.1) is 0 Å². The fourth-order valence-corrected chi connectivity index (χ4v) is 3.50. The van der Waals surface area contributed by atoms with E-state index >= 15 is 0 Å². The number of aryl methyl sites for hydroxylation is 1. The van der Waals surface area contributed by atoms with Crippen LogP contribution in [0.15, 0.2) is 40.8 Å². The van der Waals surface area contributed by atoms with Gasteiger partial charge in [-0.2, -0.15) is 0 Å². The predicted octanol–water partition coefficient (Wildman–Crippen LogP) is 5.78. The molecule has 0 radical (unpaired) electrons. The molecular formula is C19H23ClN2O2. The van der Waals surface area contributed by atoms with Gasteiger partial charge in [-0.3, -0.25) is 0 Å². The highest BCUT2D eigenvalue weighted by Gasteiger charge is 2.32. The summed E-state index contributed by atoms with van der Waals surface area (Å²) >= 11 is 5.91. The summed E-state index contributed by atoms with van der Waals surface area (Å²) in [5, 5.41) is 3.64. The number of halogens is 1. The molecule has 1 N–H and O–H groups in total. The van der Waals surface area contributed by atoms with Crippen LogP contribution in [0.4, 0.5) is 10.5 Å². The summed E-state index contributed by atoms with van der Waals surface area (Å²) in [7, 11) is 0. The van der Waals surface area contributed by atoms with E-state index in [1.807, 2.05) is 43.0 Å². The maximum Gasteiger partial charge on any atom is 0.322 e. The minimum absolute atomic E-state index is 0.0919. The highest BCUT2D eigenvalue weighted by molar-refractivity contribution is 6.30. The van der Waals surface area contributed by atoms with Crippen LogP contribution in [0.1, 0.15) is 50.2 Å². The smallest absolute Gasteiger partial charge is 0.322 e. The van der Waals surface area contributed by atoms with E-state index in [2.05, 4.69) is 5.32 Å². The molecule has 0 bridgehead atoms. The molecule has 1 aromatic carbocycles. The van der Waals surface area contributed by atoms with Crippen molar-refractivity contribution in [3.63, 3.8) is 0 Å². The molecule has 128 valence electrons. The van der Waals surface area contributed by atoms with Gasteiger partial charge in [0.2, 0.25) is 0 Å². The van der Waals surface area contributed by atoms with Crippen LogP contribution in [-0.4, -0.2) is 17.0 Å². The molecule has 1 aromatic heterocycles. The molecule has 5 heteroatoms. The Morgan fingerprint density at radius 2 is 1.88 bits per heavy atom. The Morgan fingerprint density at radius 3 is 2.46 bits per heavy atom. The van der Waals surface area contributed by atoms with Gasteiger partial charge in [0.1, 0.15) is 11.5 Å². The molecule has 1 heterocycles. The summed E-state index contributed by atoms with van der Waals surface area (Å²) < 4.78 is 5.76. The number of carbonyl (C=O) groups excluding carboxylic acids is 1. The quantitative estimate of drug-likeness (QED) is 0.762. The van der Waals surface area contributed by atoms with Crippen LogP contribution in [0.5, 0.6) is 0 Å². The van der Waals surface area contributed by atoms with E-state index in [-0.39, 0.29) is 18.1 Å². The molecule has 1 saturated carbocycles. The maximum atomic E-state index is 12.9. The zero-order valence-electron chi connectivity index (χ0n) is 14.1. The Morgan fingerprint density at radius 1 is 1.21 bits per heavy atom. The molecule has 0 aliphatic heterocycles. The molecule has 1 aliphatic rings. The van der Waals surface area contributed by atoms with Gasteiger partial charge in [0, 0.05) is 16.8 Å². The SMILES string of the molecule is Cc1ccc([C@H](C)N(C(=O)Nc2ccc(Cl)cc2)C2CCCC2)o1. The number of hydrogen-bond acceptors (Lipinski definition) is 2. The van der Waals surface area contributed by atoms with Crippen LogP contribution in [0.2, 0.25) is 5.02 Å². The Balaban J connectivity index is 1.80. The van der Waals surface area contributed by atoms with Crippen molar-refractivity contribution in [2.45, 2.75) is 51.6 Å². The summed E-state index contributed by atoms with van der Waals surface area (Å²) in [6.45, 7) is 3.95. The van der Waals surface area contributed by atoms with E-state index in [4.69, 9.17) is 16.0 Å². The van der Waals surface area contributed by atoms with Gasteiger partial charge >= 0.3 is 6.03 Å². The molecular weight excluding hydrogens is 324 g/mol. The number of furan rings is 1. The number of nitrogens with one attached hydrogen (secondary N) is 1. The molecule has 2 amide bonds. The number of rotatable bonds is 4. The summed E-state index contributed by atoms with van der Waals surface area (Å²) in [5.74, 6) is 1.69. The van der Waals surface area contributed by atoms with Crippen LogP contribution in [0.3, 0.4) is 0 Å². The second-order valence-corrected chi connectivity index (χ2v) is 6.84. The second-order valence-electron chi connectivity index (χ2n) is 6.41. The van der Waals surface area contributed by atoms with Gasteiger partial charge in [-0.05, 0) is 63.1 Å². The lowest BCUT2D eigenvalue weighted by Crippen LogP contribution is -2.43. The topological polar surface area (TPSA) is 45.5 Å². The van der Waals surface area contributed by atoms with Crippen molar-refractivity contribution in [3.8, 4) is 0 Å². The molecule has 0 spiro atoms. The number of urea groups is 1. The van der Waals surface area contributed by atoms with Crippen molar-refractivity contribution in [1.82, 2.24) is 4.90 Å². The molecule has 2 aromatic rings. The van der Waals surface area contributed by atoms with Crippen LogP contribution < -0.4 is 5.32 Å². The Bertz CT molecular complexity index is 690. The van der Waals surface area contributed by atoms with Crippen molar-refractivity contribution < 1.29 is 9.21 Å². The zero-order valence-corrected chi connectivity index (χ0v) is 14.8. The summed E-state index contributed by atoms with van der Waals surface area (Å²) in [6.07, 6.45) is 4.41. The van der Waals surface area contributed by atoms with Crippen LogP contribution >= 0.6 is 11.6 Å². The maximum absolute atomic E-state index is 12.9. The van der Waals surface area contributed by atoms with Gasteiger partial charge in [0.15, 0.2) is 0 Å². The van der Waals surface area contributed by atoms with Gasteiger partial charge in [0.25, 0.3) is 0 Å². The Hall–Kier alpha value is -1.94. The Labute approximate surface area is 147 Å². The van der Waals surface area contributed by atoms with E-state index in [0.717, 1.165) is 30.0 Å². The third kappa shape index (κ3) is 3.75. The standard InChI is InChI=1S/C19H23ClN2O2/c1-13-7-12-18(24-13)14(2)22(17-5-3-4-6-17)19(23)21-16-10-8-15(20)9-11-16/h7-12,14,17H,3-6H2,1-2H3,(H,21,23)/t14-/m0/s1. The zero-order chi connectivity index (χ0) is 17.1. The number of anilines is 1. The van der Waals surface area contributed by atoms with E-state index in [1.54, 1.807) is 12.1 Å². The van der Waals surface area contributed by atoms with E-state index in [9.17, 15) is 4.79 Å². The van der Waals surface area contributed by atoms with Gasteiger partial charge < -0.3 is 14.6 Å². The summed E-state index contributed by atoms with van der Waals surface area (Å²) in [6, 6.07) is 11.1. The van der Waals surface area contributed by atoms with Crippen molar-refractivity contribution in [3.05, 3.63) is 52.9 Å². The molecule has 1 fully saturated rings. The average molecular weight is 347 g/mol. The van der Waals surface area contributed by atoms with E-state index < -0.39 is 0 Å². The lowest BCUT2D eigenvalue weighted by Gasteiger charge is -2.33. The number of carbonyl (C=O) groups is 1. The van der Waals surface area contributed by atoms with Crippen LogP contribution in [0.25, 0.3) is 0 Å². The van der Waals surface area contributed by atoms with Crippen LogP contribution in [-0.2, 0) is 0 Å². The predicted molar refractivity (Wildman–Crippen MR) is 96.4 cm³/mol. The normalized spacial score (nSPS) is 16.1. The largest absolute Gasteiger partial charge is 0.464 e. The van der Waals surface area contributed by atoms with Gasteiger partial charge in [0.05, 0.1) is 6.04 Å². The molecule has 1 atom stereocenters. The summed E-state index contributed by atoms with van der Waals surface area (Å²) in [4.78, 5) is 14.9. The van der Waals surface area contributed by atoms with Crippen LogP contribution in [0, 0.1) is 6.92 Å². The van der Waals surface area contributed by atoms with Gasteiger partial charge in [-0.1, -0.05) is 24.4 Å².